The van der Waals surface area contributed by atoms with Gasteiger partial charge in [0.25, 0.3) is 0 Å². The molecule has 0 aliphatic carbocycles. The van der Waals surface area contributed by atoms with Crippen molar-refractivity contribution in [3.63, 3.8) is 0 Å². The fourth-order valence-electron chi connectivity index (χ4n) is 1.03. The van der Waals surface area contributed by atoms with Crippen molar-refractivity contribution >= 4 is 0 Å². The molecule has 0 atom stereocenters. The van der Waals surface area contributed by atoms with E-state index in [0.29, 0.717) is 0 Å². The van der Waals surface area contributed by atoms with Crippen molar-refractivity contribution < 1.29 is 17.1 Å². The number of hydrogen-bond donors (Lipinski definition) is 0. The van der Waals surface area contributed by atoms with Gasteiger partial charge in [-0.1, -0.05) is 12.1 Å². The van der Waals surface area contributed by atoms with Crippen LogP contribution in [0, 0.1) is 9.81 Å². The van der Waals surface area contributed by atoms with Gasteiger partial charge in [0.2, 0.25) is 0 Å². The van der Waals surface area contributed by atoms with Gasteiger partial charge in [-0.3, -0.25) is 9.97 Å². The molecule has 0 aromatic carbocycles. The smallest absolute Gasteiger partial charge is 0.120 e. The van der Waals surface area contributed by atoms with Crippen LogP contribution in [-0.2, 0) is 17.1 Å². The second kappa shape index (κ2) is 12.1. The van der Waals surface area contributed by atoms with E-state index in [1.54, 1.807) is 12.4 Å². The number of pyridine rings is 2. The Kier molecular flexibility index (Phi) is 12.4. The molecule has 0 amide bonds. The second-order valence-corrected chi connectivity index (χ2v) is 2.43. The minimum atomic E-state index is 0. The summed E-state index contributed by atoms with van der Waals surface area (Å²) in [6, 6.07) is 11.6. The Hall–Kier alpha value is -1.98. The van der Waals surface area contributed by atoms with E-state index in [2.05, 4.69) is 9.97 Å². The Balaban J connectivity index is 0. The molecule has 17 heavy (non-hydrogen) atoms. The minimum Gasteiger partial charge on any atom is -0.255 e. The summed E-state index contributed by atoms with van der Waals surface area (Å²) in [7, 11) is 0. The first-order valence-corrected chi connectivity index (χ1v) is 4.16. The SMILES string of the molecule is [Fe].[N]=O.[N]=O.c1ccc(-c2ccccn2)nc1. The Morgan fingerprint density at radius 1 is 0.706 bits per heavy atom. The maximum Gasteiger partial charge on any atom is 0.120 e. The van der Waals surface area contributed by atoms with Crippen LogP contribution in [0.4, 0.5) is 0 Å². The molecule has 0 unspecified atom stereocenters. The molecule has 0 fully saturated rings. The summed E-state index contributed by atoms with van der Waals surface area (Å²) in [5, 5.41) is 0. The molecule has 88 valence electrons. The molecular formula is C10H8FeN4O2. The van der Waals surface area contributed by atoms with Gasteiger partial charge < -0.3 is 0 Å². The monoisotopic (exact) mass is 272 g/mol. The molecule has 2 aromatic rings. The molecular weight excluding hydrogens is 264 g/mol. The minimum absolute atomic E-state index is 0. The molecule has 0 saturated heterocycles. The molecule has 7 heteroatoms. The third-order valence-corrected chi connectivity index (χ3v) is 1.59. The average molecular weight is 272 g/mol. The van der Waals surface area contributed by atoms with Gasteiger partial charge in [-0.15, -0.1) is 9.81 Å². The van der Waals surface area contributed by atoms with E-state index in [9.17, 15) is 0 Å². The van der Waals surface area contributed by atoms with Gasteiger partial charge in [0.05, 0.1) is 11.4 Å². The van der Waals surface area contributed by atoms with E-state index in [-0.39, 0.29) is 17.1 Å². The Morgan fingerprint density at radius 3 is 1.29 bits per heavy atom. The fourth-order valence-corrected chi connectivity index (χ4v) is 1.03. The predicted octanol–water partition coefficient (Wildman–Crippen LogP) is 1.25. The summed E-state index contributed by atoms with van der Waals surface area (Å²) in [6.45, 7) is 0. The zero-order valence-electron chi connectivity index (χ0n) is 8.58. The van der Waals surface area contributed by atoms with E-state index in [1.807, 2.05) is 36.4 Å². The van der Waals surface area contributed by atoms with Gasteiger partial charge in [0.15, 0.2) is 0 Å². The normalized spacial score (nSPS) is 7.29. The van der Waals surface area contributed by atoms with Crippen molar-refractivity contribution in [2.45, 2.75) is 0 Å². The van der Waals surface area contributed by atoms with Gasteiger partial charge in [-0.25, -0.2) is 0 Å². The zero-order chi connectivity index (χ0) is 12.2. The van der Waals surface area contributed by atoms with Gasteiger partial charge in [0, 0.05) is 29.5 Å². The van der Waals surface area contributed by atoms with Crippen LogP contribution in [0.3, 0.4) is 0 Å². The first kappa shape index (κ1) is 17.4. The van der Waals surface area contributed by atoms with Crippen LogP contribution in [-0.4, -0.2) is 9.97 Å². The number of nitrogens with zero attached hydrogens (tertiary/aromatic N) is 4. The predicted molar refractivity (Wildman–Crippen MR) is 58.5 cm³/mol. The van der Waals surface area contributed by atoms with Crippen LogP contribution in [0.25, 0.3) is 11.4 Å². The Morgan fingerprint density at radius 2 is 1.06 bits per heavy atom. The summed E-state index contributed by atoms with van der Waals surface area (Å²) in [4.78, 5) is 22.9. The van der Waals surface area contributed by atoms with Gasteiger partial charge >= 0.3 is 0 Å². The van der Waals surface area contributed by atoms with Crippen molar-refractivity contribution in [2.75, 3.05) is 0 Å². The molecule has 0 spiro atoms. The first-order chi connectivity index (χ1) is 7.97. The number of nitroso groups, excluding NO2 is 2. The molecule has 0 N–H and O–H groups in total. The number of hydrogen-bond acceptors (Lipinski definition) is 4. The molecule has 0 aliphatic rings. The van der Waals surface area contributed by atoms with E-state index in [4.69, 9.17) is 21.0 Å². The van der Waals surface area contributed by atoms with Gasteiger partial charge in [-0.2, -0.15) is 0 Å². The van der Waals surface area contributed by atoms with Crippen LogP contribution in [0.5, 0.6) is 0 Å². The third-order valence-electron chi connectivity index (χ3n) is 1.59. The van der Waals surface area contributed by atoms with Gasteiger partial charge in [0.1, 0.15) is 11.2 Å². The van der Waals surface area contributed by atoms with Crippen LogP contribution in [0.1, 0.15) is 0 Å². The standard InChI is InChI=1S/C10H8N2.Fe.2NO/c1-3-7-11-9(5-1)10-6-2-4-8-12-10;;2*1-2/h1-8H;;;. The van der Waals surface area contributed by atoms with Crippen LogP contribution >= 0.6 is 0 Å². The average Bonchev–Trinajstić information content (AvgIpc) is 2.45. The molecule has 6 nitrogen and oxygen atoms in total. The zero-order valence-corrected chi connectivity index (χ0v) is 9.68. The molecule has 2 heterocycles. The van der Waals surface area contributed by atoms with Crippen LogP contribution in [0.2, 0.25) is 0 Å². The third kappa shape index (κ3) is 6.24. The summed E-state index contributed by atoms with van der Waals surface area (Å²) in [5.41, 5.74) is 13.3. The Bertz CT molecular complexity index is 349. The summed E-state index contributed by atoms with van der Waals surface area (Å²) < 4.78 is 0. The van der Waals surface area contributed by atoms with Gasteiger partial charge in [-0.05, 0) is 24.3 Å². The molecule has 0 aliphatic heterocycles. The second-order valence-electron chi connectivity index (χ2n) is 2.43. The van der Waals surface area contributed by atoms with Crippen molar-refractivity contribution in [1.29, 1.82) is 0 Å². The van der Waals surface area contributed by atoms with Crippen molar-refractivity contribution in [2.24, 2.45) is 0 Å². The topological polar surface area (TPSA) is 105 Å². The maximum absolute atomic E-state index is 7.25. The van der Waals surface area contributed by atoms with E-state index < -0.39 is 0 Å². The first-order valence-electron chi connectivity index (χ1n) is 4.16. The summed E-state index contributed by atoms with van der Waals surface area (Å²) in [5.74, 6) is 0. The van der Waals surface area contributed by atoms with E-state index in [1.165, 1.54) is 0 Å². The molecule has 2 radical (unpaired) electrons. The summed E-state index contributed by atoms with van der Waals surface area (Å²) in [6.07, 6.45) is 3.54. The molecule has 2 rings (SSSR count). The molecule has 0 bridgehead atoms. The van der Waals surface area contributed by atoms with Crippen LogP contribution < -0.4 is 11.2 Å². The number of aromatic nitrogens is 2. The van der Waals surface area contributed by atoms with Crippen molar-refractivity contribution in [3.05, 3.63) is 58.6 Å². The molecule has 2 aromatic heterocycles. The largest absolute Gasteiger partial charge is 0.255 e. The van der Waals surface area contributed by atoms with Crippen LogP contribution in [0.15, 0.2) is 48.8 Å². The summed E-state index contributed by atoms with van der Waals surface area (Å²) >= 11 is 0. The Labute approximate surface area is 109 Å². The van der Waals surface area contributed by atoms with E-state index >= 15 is 0 Å². The molecule has 0 saturated carbocycles. The van der Waals surface area contributed by atoms with Crippen molar-refractivity contribution in [3.8, 4) is 11.4 Å². The van der Waals surface area contributed by atoms with Crippen molar-refractivity contribution in [1.82, 2.24) is 21.2 Å². The van der Waals surface area contributed by atoms with E-state index in [0.717, 1.165) is 11.4 Å². The quantitative estimate of drug-likeness (QED) is 0.728. The fraction of sp³-hybridized carbons (Fsp3) is 0. The maximum atomic E-state index is 7.25. The number of rotatable bonds is 1.